The van der Waals surface area contributed by atoms with Gasteiger partial charge in [-0.1, -0.05) is 25.1 Å². The molecule has 3 heteroatoms. The molecule has 3 nitrogen and oxygen atoms in total. The van der Waals surface area contributed by atoms with Crippen molar-refractivity contribution in [2.24, 2.45) is 0 Å². The molecule has 0 saturated carbocycles. The minimum absolute atomic E-state index is 0.674. The Morgan fingerprint density at radius 1 is 1.17 bits per heavy atom. The van der Waals surface area contributed by atoms with E-state index in [0.29, 0.717) is 6.54 Å². The van der Waals surface area contributed by atoms with Gasteiger partial charge in [0.25, 0.3) is 0 Å². The van der Waals surface area contributed by atoms with Crippen LogP contribution in [0.5, 0.6) is 0 Å². The average Bonchev–Trinajstić information content (AvgIpc) is 2.82. The highest BCUT2D eigenvalue weighted by molar-refractivity contribution is 5.29. The molecule has 0 spiro atoms. The predicted octanol–water partition coefficient (Wildman–Crippen LogP) is 3.14. The molecular weight excluding hydrogens is 224 g/mol. The number of nitrogens with zero attached hydrogens (tertiary/aromatic N) is 1. The van der Waals surface area contributed by atoms with Crippen LogP contribution in [0, 0.1) is 13.8 Å². The molecule has 1 N–H and O–H groups in total. The summed E-state index contributed by atoms with van der Waals surface area (Å²) in [5, 5.41) is 3.35. The number of aromatic nitrogens is 1. The highest BCUT2D eigenvalue weighted by Gasteiger charge is 2.02. The van der Waals surface area contributed by atoms with Gasteiger partial charge in [0, 0.05) is 13.0 Å². The minimum atomic E-state index is 0.674. The SMILES string of the molecule is CCc1cnc(CNCc2ccc(C)c(C)c2)o1. The average molecular weight is 244 g/mol. The molecule has 96 valence electrons. The van der Waals surface area contributed by atoms with Gasteiger partial charge in [-0.25, -0.2) is 4.98 Å². The van der Waals surface area contributed by atoms with Crippen molar-refractivity contribution in [1.29, 1.82) is 0 Å². The predicted molar refractivity (Wildman–Crippen MR) is 72.3 cm³/mol. The van der Waals surface area contributed by atoms with E-state index in [1.54, 1.807) is 6.20 Å². The van der Waals surface area contributed by atoms with E-state index in [1.165, 1.54) is 16.7 Å². The molecule has 0 amide bonds. The smallest absolute Gasteiger partial charge is 0.208 e. The summed E-state index contributed by atoms with van der Waals surface area (Å²) in [5.74, 6) is 1.70. The quantitative estimate of drug-likeness (QED) is 0.878. The van der Waals surface area contributed by atoms with E-state index in [2.05, 4.69) is 49.3 Å². The molecule has 18 heavy (non-hydrogen) atoms. The van der Waals surface area contributed by atoms with Crippen LogP contribution in [-0.2, 0) is 19.5 Å². The van der Waals surface area contributed by atoms with Gasteiger partial charge in [0.2, 0.25) is 5.89 Å². The zero-order valence-corrected chi connectivity index (χ0v) is 11.3. The topological polar surface area (TPSA) is 38.1 Å². The molecule has 0 aliphatic carbocycles. The molecule has 0 aliphatic heterocycles. The fraction of sp³-hybridized carbons (Fsp3) is 0.400. The van der Waals surface area contributed by atoms with Crippen molar-refractivity contribution in [3.63, 3.8) is 0 Å². The lowest BCUT2D eigenvalue weighted by Gasteiger charge is -2.05. The lowest BCUT2D eigenvalue weighted by atomic mass is 10.1. The number of hydrogen-bond acceptors (Lipinski definition) is 3. The largest absolute Gasteiger partial charge is 0.444 e. The highest BCUT2D eigenvalue weighted by Crippen LogP contribution is 2.10. The molecule has 0 fully saturated rings. The Morgan fingerprint density at radius 2 is 2.00 bits per heavy atom. The Kier molecular flexibility index (Phi) is 4.15. The van der Waals surface area contributed by atoms with Gasteiger partial charge in [0.15, 0.2) is 0 Å². The maximum Gasteiger partial charge on any atom is 0.208 e. The van der Waals surface area contributed by atoms with Gasteiger partial charge in [-0.2, -0.15) is 0 Å². The first kappa shape index (κ1) is 12.8. The van der Waals surface area contributed by atoms with Gasteiger partial charge < -0.3 is 9.73 Å². The van der Waals surface area contributed by atoms with Crippen LogP contribution < -0.4 is 5.32 Å². The molecule has 0 saturated heterocycles. The van der Waals surface area contributed by atoms with Crippen LogP contribution in [0.4, 0.5) is 0 Å². The summed E-state index contributed by atoms with van der Waals surface area (Å²) in [6.45, 7) is 7.84. The first-order chi connectivity index (χ1) is 8.69. The molecule has 0 atom stereocenters. The number of nitrogens with one attached hydrogen (secondary N) is 1. The van der Waals surface area contributed by atoms with Crippen LogP contribution in [0.2, 0.25) is 0 Å². The summed E-state index contributed by atoms with van der Waals surface area (Å²) in [7, 11) is 0. The molecule has 0 radical (unpaired) electrons. The zero-order chi connectivity index (χ0) is 13.0. The molecule has 0 unspecified atom stereocenters. The van der Waals surface area contributed by atoms with Crippen molar-refractivity contribution < 1.29 is 4.42 Å². The van der Waals surface area contributed by atoms with Gasteiger partial charge in [0.05, 0.1) is 12.7 Å². The van der Waals surface area contributed by atoms with Crippen molar-refractivity contribution in [3.8, 4) is 0 Å². The second kappa shape index (κ2) is 5.83. The summed E-state index contributed by atoms with van der Waals surface area (Å²) >= 11 is 0. The van der Waals surface area contributed by atoms with E-state index in [-0.39, 0.29) is 0 Å². The summed E-state index contributed by atoms with van der Waals surface area (Å²) in [6, 6.07) is 6.53. The van der Waals surface area contributed by atoms with E-state index < -0.39 is 0 Å². The van der Waals surface area contributed by atoms with Crippen molar-refractivity contribution >= 4 is 0 Å². The van der Waals surface area contributed by atoms with E-state index in [9.17, 15) is 0 Å². The van der Waals surface area contributed by atoms with Crippen molar-refractivity contribution in [2.45, 2.75) is 40.3 Å². The Balaban J connectivity index is 1.86. The van der Waals surface area contributed by atoms with E-state index >= 15 is 0 Å². The zero-order valence-electron chi connectivity index (χ0n) is 11.3. The molecule has 0 bridgehead atoms. The van der Waals surface area contributed by atoms with Crippen molar-refractivity contribution in [1.82, 2.24) is 10.3 Å². The third-order valence-electron chi connectivity index (χ3n) is 3.13. The number of hydrogen-bond donors (Lipinski definition) is 1. The Bertz CT molecular complexity index is 517. The Morgan fingerprint density at radius 3 is 2.67 bits per heavy atom. The number of rotatable bonds is 5. The molecule has 1 heterocycles. The van der Waals surface area contributed by atoms with Crippen LogP contribution in [0.25, 0.3) is 0 Å². The van der Waals surface area contributed by atoms with Gasteiger partial charge in [-0.3, -0.25) is 0 Å². The molecule has 2 aromatic rings. The number of oxazole rings is 1. The summed E-state index contributed by atoms with van der Waals surface area (Å²) in [5.41, 5.74) is 3.96. The van der Waals surface area contributed by atoms with Gasteiger partial charge in [0.1, 0.15) is 5.76 Å². The fourth-order valence-corrected chi connectivity index (χ4v) is 1.82. The van der Waals surface area contributed by atoms with Crippen LogP contribution in [0.3, 0.4) is 0 Å². The molecule has 1 aromatic heterocycles. The first-order valence-corrected chi connectivity index (χ1v) is 6.39. The van der Waals surface area contributed by atoms with E-state index in [0.717, 1.165) is 24.6 Å². The summed E-state index contributed by atoms with van der Waals surface area (Å²) in [4.78, 5) is 4.22. The second-order valence-electron chi connectivity index (χ2n) is 4.60. The van der Waals surface area contributed by atoms with Gasteiger partial charge in [-0.05, 0) is 30.5 Å². The first-order valence-electron chi connectivity index (χ1n) is 6.39. The lowest BCUT2D eigenvalue weighted by Crippen LogP contribution is -2.13. The third-order valence-corrected chi connectivity index (χ3v) is 3.13. The normalized spacial score (nSPS) is 10.8. The second-order valence-corrected chi connectivity index (χ2v) is 4.60. The summed E-state index contributed by atoms with van der Waals surface area (Å²) < 4.78 is 5.54. The molecular formula is C15H20N2O. The fourth-order valence-electron chi connectivity index (χ4n) is 1.82. The Hall–Kier alpha value is -1.61. The summed E-state index contributed by atoms with van der Waals surface area (Å²) in [6.07, 6.45) is 2.69. The van der Waals surface area contributed by atoms with Crippen molar-refractivity contribution in [3.05, 3.63) is 52.7 Å². The van der Waals surface area contributed by atoms with Gasteiger partial charge in [-0.15, -0.1) is 0 Å². The van der Waals surface area contributed by atoms with Crippen molar-refractivity contribution in [2.75, 3.05) is 0 Å². The van der Waals surface area contributed by atoms with Crippen LogP contribution >= 0.6 is 0 Å². The maximum atomic E-state index is 5.54. The minimum Gasteiger partial charge on any atom is -0.444 e. The standard InChI is InChI=1S/C15H20N2O/c1-4-14-9-17-15(18-14)10-16-8-13-6-5-11(2)12(3)7-13/h5-7,9,16H,4,8,10H2,1-3H3. The highest BCUT2D eigenvalue weighted by atomic mass is 16.4. The molecule has 1 aromatic carbocycles. The van der Waals surface area contributed by atoms with Gasteiger partial charge >= 0.3 is 0 Å². The van der Waals surface area contributed by atoms with Crippen LogP contribution in [-0.4, -0.2) is 4.98 Å². The number of aryl methyl sites for hydroxylation is 3. The van der Waals surface area contributed by atoms with E-state index in [4.69, 9.17) is 4.42 Å². The van der Waals surface area contributed by atoms with Crippen LogP contribution in [0.15, 0.2) is 28.8 Å². The van der Waals surface area contributed by atoms with Crippen LogP contribution in [0.1, 0.15) is 35.3 Å². The lowest BCUT2D eigenvalue weighted by molar-refractivity contribution is 0.439. The number of benzene rings is 1. The molecule has 0 aliphatic rings. The molecule has 2 rings (SSSR count). The third kappa shape index (κ3) is 3.20. The monoisotopic (exact) mass is 244 g/mol. The maximum absolute atomic E-state index is 5.54. The Labute approximate surface area is 108 Å². The van der Waals surface area contributed by atoms with E-state index in [1.807, 2.05) is 0 Å².